The first-order valence-electron chi connectivity index (χ1n) is 11.2. The van der Waals surface area contributed by atoms with Gasteiger partial charge in [0, 0.05) is 29.7 Å². The number of aromatic amines is 1. The van der Waals surface area contributed by atoms with Gasteiger partial charge in [-0.1, -0.05) is 0 Å². The fourth-order valence-corrected chi connectivity index (χ4v) is 3.94. The Bertz CT molecular complexity index is 1500. The molecule has 3 N–H and O–H groups in total. The minimum Gasteiger partial charge on any atom is -0.493 e. The van der Waals surface area contributed by atoms with Gasteiger partial charge in [-0.2, -0.15) is 0 Å². The molecule has 0 aliphatic rings. The molecule has 188 valence electrons. The van der Waals surface area contributed by atoms with Crippen molar-refractivity contribution in [3.63, 3.8) is 0 Å². The van der Waals surface area contributed by atoms with E-state index < -0.39 is 17.5 Å². The predicted molar refractivity (Wildman–Crippen MR) is 132 cm³/mol. The number of nitrogens with zero attached hydrogens (tertiary/aromatic N) is 2. The van der Waals surface area contributed by atoms with Gasteiger partial charge in [-0.25, -0.2) is 9.37 Å². The van der Waals surface area contributed by atoms with E-state index in [9.17, 15) is 18.8 Å². The van der Waals surface area contributed by atoms with Gasteiger partial charge in [-0.15, -0.1) is 0 Å². The highest BCUT2D eigenvalue weighted by molar-refractivity contribution is 5.88. The summed E-state index contributed by atoms with van der Waals surface area (Å²) in [5, 5.41) is 6.38. The average Bonchev–Trinajstić information content (AvgIpc) is 3.26. The Morgan fingerprint density at radius 2 is 1.89 bits per heavy atom. The third-order valence-corrected chi connectivity index (χ3v) is 5.84. The maximum absolute atomic E-state index is 13.5. The Labute approximate surface area is 205 Å². The largest absolute Gasteiger partial charge is 0.493 e. The highest BCUT2D eigenvalue weighted by Crippen LogP contribution is 2.29. The zero-order chi connectivity index (χ0) is 25.8. The number of ether oxygens (including phenoxy) is 2. The summed E-state index contributed by atoms with van der Waals surface area (Å²) in [7, 11) is 2.94. The number of rotatable bonds is 9. The van der Waals surface area contributed by atoms with Gasteiger partial charge in [0.05, 0.1) is 31.4 Å². The lowest BCUT2D eigenvalue weighted by atomic mass is 10.1. The quantitative estimate of drug-likeness (QED) is 0.326. The lowest BCUT2D eigenvalue weighted by Gasteiger charge is -2.15. The summed E-state index contributed by atoms with van der Waals surface area (Å²) >= 11 is 0. The molecule has 36 heavy (non-hydrogen) atoms. The molecule has 0 saturated carbocycles. The van der Waals surface area contributed by atoms with E-state index in [1.54, 1.807) is 25.3 Å². The number of halogens is 1. The minimum atomic E-state index is -0.827. The van der Waals surface area contributed by atoms with Crippen molar-refractivity contribution in [2.75, 3.05) is 20.8 Å². The van der Waals surface area contributed by atoms with Gasteiger partial charge in [-0.05, 0) is 43.2 Å². The molecular formula is C25H26FN5O5. The molecule has 2 aromatic carbocycles. The maximum Gasteiger partial charge on any atom is 0.261 e. The highest BCUT2D eigenvalue weighted by atomic mass is 19.1. The molecule has 0 radical (unpaired) electrons. The van der Waals surface area contributed by atoms with Crippen molar-refractivity contribution in [3.8, 4) is 11.5 Å². The van der Waals surface area contributed by atoms with Gasteiger partial charge in [0.2, 0.25) is 11.8 Å². The van der Waals surface area contributed by atoms with Gasteiger partial charge in [0.15, 0.2) is 11.5 Å². The number of amides is 2. The molecule has 4 rings (SSSR count). The average molecular weight is 496 g/mol. The molecule has 0 aliphatic carbocycles. The van der Waals surface area contributed by atoms with Crippen molar-refractivity contribution < 1.29 is 23.5 Å². The molecule has 11 heteroatoms. The van der Waals surface area contributed by atoms with E-state index >= 15 is 0 Å². The molecule has 0 saturated heterocycles. The summed E-state index contributed by atoms with van der Waals surface area (Å²) < 4.78 is 25.2. The third-order valence-electron chi connectivity index (χ3n) is 5.84. The van der Waals surface area contributed by atoms with Crippen LogP contribution in [0.5, 0.6) is 11.5 Å². The molecule has 0 unspecified atom stereocenters. The molecule has 0 fully saturated rings. The van der Waals surface area contributed by atoms with Crippen LogP contribution in [-0.4, -0.2) is 53.2 Å². The SMILES string of the molecule is COc1cc2ncn(CC(=O)N[C@H](C)C(=O)NCCc3c[nH]c4ccc(F)cc34)c(=O)c2cc1OC. The van der Waals surface area contributed by atoms with Gasteiger partial charge in [0.1, 0.15) is 18.4 Å². The lowest BCUT2D eigenvalue weighted by Crippen LogP contribution is -2.46. The van der Waals surface area contributed by atoms with E-state index in [2.05, 4.69) is 20.6 Å². The Hall–Kier alpha value is -4.41. The number of fused-ring (bicyclic) bond motifs is 2. The van der Waals surface area contributed by atoms with Gasteiger partial charge in [0.25, 0.3) is 5.56 Å². The number of aromatic nitrogens is 3. The molecule has 0 spiro atoms. The van der Waals surface area contributed by atoms with Crippen molar-refractivity contribution in [1.82, 2.24) is 25.2 Å². The molecule has 0 aliphatic heterocycles. The van der Waals surface area contributed by atoms with E-state index in [4.69, 9.17) is 9.47 Å². The first-order chi connectivity index (χ1) is 17.3. The first-order valence-corrected chi connectivity index (χ1v) is 11.2. The lowest BCUT2D eigenvalue weighted by molar-refractivity contribution is -0.128. The Balaban J connectivity index is 1.34. The molecule has 10 nitrogen and oxygen atoms in total. The second-order valence-corrected chi connectivity index (χ2v) is 8.24. The minimum absolute atomic E-state index is 0.269. The number of H-pyrrole nitrogens is 1. The predicted octanol–water partition coefficient (Wildman–Crippen LogP) is 1.90. The van der Waals surface area contributed by atoms with Crippen LogP contribution in [-0.2, 0) is 22.6 Å². The van der Waals surface area contributed by atoms with Crippen molar-refractivity contribution in [1.29, 1.82) is 0 Å². The Morgan fingerprint density at radius 3 is 2.64 bits per heavy atom. The molecule has 2 aromatic heterocycles. The van der Waals surface area contributed by atoms with Crippen LogP contribution in [0, 0.1) is 5.82 Å². The van der Waals surface area contributed by atoms with E-state index in [1.165, 1.54) is 38.7 Å². The summed E-state index contributed by atoms with van der Waals surface area (Å²) in [6.45, 7) is 1.54. The Kier molecular flexibility index (Phi) is 7.18. The zero-order valence-corrected chi connectivity index (χ0v) is 20.1. The Morgan fingerprint density at radius 1 is 1.14 bits per heavy atom. The van der Waals surface area contributed by atoms with E-state index in [0.717, 1.165) is 21.0 Å². The van der Waals surface area contributed by atoms with Crippen LogP contribution in [0.2, 0.25) is 0 Å². The summed E-state index contributed by atoms with van der Waals surface area (Å²) in [6.07, 6.45) is 3.54. The van der Waals surface area contributed by atoms with Crippen LogP contribution in [0.15, 0.2) is 47.7 Å². The van der Waals surface area contributed by atoms with Crippen molar-refractivity contribution in [3.05, 3.63) is 64.6 Å². The third kappa shape index (κ3) is 5.14. The number of hydrogen-bond acceptors (Lipinski definition) is 6. The summed E-state index contributed by atoms with van der Waals surface area (Å²) in [6, 6.07) is 6.75. The first kappa shape index (κ1) is 24.7. The summed E-state index contributed by atoms with van der Waals surface area (Å²) in [5.74, 6) is -0.426. The zero-order valence-electron chi connectivity index (χ0n) is 20.1. The molecule has 0 bridgehead atoms. The molecule has 2 heterocycles. The number of nitrogens with one attached hydrogen (secondary N) is 3. The molecule has 1 atom stereocenters. The van der Waals surface area contributed by atoms with Gasteiger partial charge >= 0.3 is 0 Å². The highest BCUT2D eigenvalue weighted by Gasteiger charge is 2.17. The van der Waals surface area contributed by atoms with Crippen LogP contribution in [0.3, 0.4) is 0 Å². The summed E-state index contributed by atoms with van der Waals surface area (Å²) in [4.78, 5) is 45.1. The van der Waals surface area contributed by atoms with Crippen LogP contribution in [0.1, 0.15) is 12.5 Å². The van der Waals surface area contributed by atoms with Crippen molar-refractivity contribution >= 4 is 33.6 Å². The standard InChI is InChI=1S/C25H26FN5O5/c1-14(24(33)27-7-6-15-11-28-19-5-4-16(26)8-17(15)19)30-23(32)12-31-13-29-20-10-22(36-3)21(35-2)9-18(20)25(31)34/h4-5,8-11,13-14,28H,6-7,12H2,1-3H3,(H,27,33)(H,30,32)/t14-/m1/s1. The number of benzene rings is 2. The molecule has 2 amide bonds. The number of hydrogen-bond donors (Lipinski definition) is 3. The smallest absolute Gasteiger partial charge is 0.261 e. The fraction of sp³-hybridized carbons (Fsp3) is 0.280. The van der Waals surface area contributed by atoms with E-state index in [-0.39, 0.29) is 23.7 Å². The van der Waals surface area contributed by atoms with Gasteiger partial charge in [-0.3, -0.25) is 19.0 Å². The van der Waals surface area contributed by atoms with Crippen molar-refractivity contribution in [2.24, 2.45) is 0 Å². The van der Waals surface area contributed by atoms with Crippen LogP contribution in [0.25, 0.3) is 21.8 Å². The number of methoxy groups -OCH3 is 2. The van der Waals surface area contributed by atoms with Crippen LogP contribution in [0.4, 0.5) is 4.39 Å². The van der Waals surface area contributed by atoms with E-state index in [1.807, 2.05) is 0 Å². The molecule has 4 aromatic rings. The monoisotopic (exact) mass is 495 g/mol. The normalized spacial score (nSPS) is 11.9. The molecular weight excluding hydrogens is 469 g/mol. The second-order valence-electron chi connectivity index (χ2n) is 8.24. The second kappa shape index (κ2) is 10.5. The maximum atomic E-state index is 13.5. The number of carbonyl (C=O) groups excluding carboxylic acids is 2. The summed E-state index contributed by atoms with van der Waals surface area (Å²) in [5.41, 5.74) is 1.66. The fourth-order valence-electron chi connectivity index (χ4n) is 3.94. The topological polar surface area (TPSA) is 127 Å². The number of carbonyl (C=O) groups is 2. The van der Waals surface area contributed by atoms with Crippen LogP contribution < -0.4 is 25.7 Å². The van der Waals surface area contributed by atoms with Crippen molar-refractivity contribution in [2.45, 2.75) is 25.9 Å². The van der Waals surface area contributed by atoms with E-state index in [0.29, 0.717) is 30.0 Å². The van der Waals surface area contributed by atoms with Gasteiger partial charge < -0.3 is 25.1 Å². The van der Waals surface area contributed by atoms with Crippen LogP contribution >= 0.6 is 0 Å².